The summed E-state index contributed by atoms with van der Waals surface area (Å²) in [6.45, 7) is 3.97. The molecule has 0 bridgehead atoms. The van der Waals surface area contributed by atoms with E-state index >= 15 is 0 Å². The zero-order valence-corrected chi connectivity index (χ0v) is 17.8. The predicted octanol–water partition coefficient (Wildman–Crippen LogP) is 4.57. The Kier molecular flexibility index (Phi) is 7.12. The van der Waals surface area contributed by atoms with Crippen molar-refractivity contribution in [1.29, 1.82) is 0 Å². The molecule has 7 heteroatoms. The highest BCUT2D eigenvalue weighted by molar-refractivity contribution is 8.00. The van der Waals surface area contributed by atoms with Gasteiger partial charge >= 0.3 is 0 Å². The van der Waals surface area contributed by atoms with Crippen LogP contribution in [0.1, 0.15) is 29.8 Å². The summed E-state index contributed by atoms with van der Waals surface area (Å²) >= 11 is 7.51. The Morgan fingerprint density at radius 2 is 1.97 bits per heavy atom. The van der Waals surface area contributed by atoms with E-state index in [9.17, 15) is 9.59 Å². The lowest BCUT2D eigenvalue weighted by Crippen LogP contribution is -2.22. The molecule has 1 N–H and O–H groups in total. The number of rotatable bonds is 8. The largest absolute Gasteiger partial charge is 0.356 e. The molecule has 3 aromatic rings. The van der Waals surface area contributed by atoms with Crippen molar-refractivity contribution in [3.63, 3.8) is 0 Å². The minimum absolute atomic E-state index is 0.0428. The summed E-state index contributed by atoms with van der Waals surface area (Å²) in [4.78, 5) is 28.2. The number of Topliss-reactive ketones (excluding diaryl/α,β-unsaturated/α-hetero) is 1. The van der Waals surface area contributed by atoms with Crippen LogP contribution in [0.2, 0.25) is 5.02 Å². The van der Waals surface area contributed by atoms with Crippen LogP contribution >= 0.6 is 23.4 Å². The van der Waals surface area contributed by atoms with Crippen LogP contribution in [0.25, 0.3) is 5.69 Å². The van der Waals surface area contributed by atoms with Crippen LogP contribution in [0.4, 0.5) is 0 Å². The Bertz CT molecular complexity index is 1000. The van der Waals surface area contributed by atoms with E-state index in [4.69, 9.17) is 11.6 Å². The van der Waals surface area contributed by atoms with Crippen molar-refractivity contribution in [3.8, 4) is 5.69 Å². The molecule has 1 heterocycles. The van der Waals surface area contributed by atoms with Crippen LogP contribution in [0, 0.1) is 0 Å². The normalized spacial score (nSPS) is 11.8. The van der Waals surface area contributed by atoms with Crippen LogP contribution in [0.15, 0.2) is 66.1 Å². The minimum Gasteiger partial charge on any atom is -0.356 e. The van der Waals surface area contributed by atoms with Crippen molar-refractivity contribution < 1.29 is 9.59 Å². The standard InChI is InChI=1S/C22H22ClN3O2S/c1-15(21(28)18-8-6-17(7-9-18)10-11-24-16(2)27)29-22-25-12-13-26(22)20-5-3-4-19(23)14-20/h3-9,12-15H,10-11H2,1-2H3,(H,24,27)/t15-/m0/s1. The Balaban J connectivity index is 1.66. The van der Waals surface area contributed by atoms with E-state index in [1.54, 1.807) is 6.20 Å². The number of aromatic nitrogens is 2. The highest BCUT2D eigenvalue weighted by Gasteiger charge is 2.19. The van der Waals surface area contributed by atoms with Gasteiger partial charge < -0.3 is 5.32 Å². The zero-order valence-electron chi connectivity index (χ0n) is 16.3. The van der Waals surface area contributed by atoms with Crippen molar-refractivity contribution in [1.82, 2.24) is 14.9 Å². The van der Waals surface area contributed by atoms with Crippen LogP contribution in [-0.2, 0) is 11.2 Å². The first-order valence-corrected chi connectivity index (χ1v) is 10.5. The number of ketones is 1. The Morgan fingerprint density at radius 1 is 1.21 bits per heavy atom. The number of nitrogens with zero attached hydrogens (tertiary/aromatic N) is 2. The monoisotopic (exact) mass is 427 g/mol. The van der Waals surface area contributed by atoms with Gasteiger partial charge in [0.05, 0.1) is 5.25 Å². The van der Waals surface area contributed by atoms with Gasteiger partial charge in [-0.3, -0.25) is 14.2 Å². The fraction of sp³-hybridized carbons (Fsp3) is 0.227. The van der Waals surface area contributed by atoms with Gasteiger partial charge in [0.1, 0.15) is 0 Å². The quantitative estimate of drug-likeness (QED) is 0.422. The van der Waals surface area contributed by atoms with Crippen LogP contribution in [0.5, 0.6) is 0 Å². The smallest absolute Gasteiger partial charge is 0.216 e. The van der Waals surface area contributed by atoms with Gasteiger partial charge in [-0.1, -0.05) is 53.7 Å². The van der Waals surface area contributed by atoms with E-state index in [0.717, 1.165) is 22.8 Å². The molecular weight excluding hydrogens is 406 g/mol. The van der Waals surface area contributed by atoms with Crippen molar-refractivity contribution in [2.24, 2.45) is 0 Å². The highest BCUT2D eigenvalue weighted by atomic mass is 35.5. The lowest BCUT2D eigenvalue weighted by Gasteiger charge is -2.13. The Hall–Kier alpha value is -2.57. The molecule has 5 nitrogen and oxygen atoms in total. The van der Waals surface area contributed by atoms with E-state index in [1.165, 1.54) is 18.7 Å². The van der Waals surface area contributed by atoms with Gasteiger partial charge in [-0.25, -0.2) is 4.98 Å². The van der Waals surface area contributed by atoms with Gasteiger partial charge in [0.15, 0.2) is 10.9 Å². The summed E-state index contributed by atoms with van der Waals surface area (Å²) in [5.74, 6) is 0.00263. The first-order chi connectivity index (χ1) is 13.9. The lowest BCUT2D eigenvalue weighted by atomic mass is 10.0. The number of nitrogens with one attached hydrogen (secondary N) is 1. The summed E-state index contributed by atoms with van der Waals surface area (Å²) < 4.78 is 1.92. The Morgan fingerprint density at radius 3 is 2.66 bits per heavy atom. The van der Waals surface area contributed by atoms with Gasteiger partial charge in [0.25, 0.3) is 0 Å². The van der Waals surface area contributed by atoms with Crippen molar-refractivity contribution in [2.75, 3.05) is 6.54 Å². The molecular formula is C22H22ClN3O2S. The maximum atomic E-state index is 12.9. The minimum atomic E-state index is -0.291. The summed E-state index contributed by atoms with van der Waals surface area (Å²) in [7, 11) is 0. The molecule has 0 aliphatic heterocycles. The number of amides is 1. The first-order valence-electron chi connectivity index (χ1n) is 9.27. The molecule has 150 valence electrons. The number of benzene rings is 2. The van der Waals surface area contributed by atoms with Gasteiger partial charge in [-0.05, 0) is 37.1 Å². The summed E-state index contributed by atoms with van der Waals surface area (Å²) in [5.41, 5.74) is 2.64. The third kappa shape index (κ3) is 5.71. The molecule has 1 amide bonds. The molecule has 0 saturated heterocycles. The fourth-order valence-corrected chi connectivity index (χ4v) is 4.01. The number of halogens is 1. The molecule has 29 heavy (non-hydrogen) atoms. The van der Waals surface area contributed by atoms with E-state index in [-0.39, 0.29) is 16.9 Å². The second kappa shape index (κ2) is 9.76. The van der Waals surface area contributed by atoms with Gasteiger partial charge in [-0.15, -0.1) is 0 Å². The summed E-state index contributed by atoms with van der Waals surface area (Å²) in [5, 5.41) is 3.86. The number of hydrogen-bond donors (Lipinski definition) is 1. The number of imidazole rings is 1. The third-order valence-electron chi connectivity index (χ3n) is 4.37. The van der Waals surface area contributed by atoms with E-state index in [2.05, 4.69) is 10.3 Å². The van der Waals surface area contributed by atoms with Gasteiger partial charge in [0.2, 0.25) is 5.91 Å². The van der Waals surface area contributed by atoms with Crippen molar-refractivity contribution in [3.05, 3.63) is 77.1 Å². The highest BCUT2D eigenvalue weighted by Crippen LogP contribution is 2.27. The number of hydrogen-bond acceptors (Lipinski definition) is 4. The topological polar surface area (TPSA) is 64.0 Å². The molecule has 2 aromatic carbocycles. The van der Waals surface area contributed by atoms with Crippen molar-refractivity contribution in [2.45, 2.75) is 30.7 Å². The summed E-state index contributed by atoms with van der Waals surface area (Å²) in [6.07, 6.45) is 4.30. The predicted molar refractivity (Wildman–Crippen MR) is 117 cm³/mol. The molecule has 1 aromatic heterocycles. The second-order valence-electron chi connectivity index (χ2n) is 6.61. The maximum Gasteiger partial charge on any atom is 0.216 e. The average molecular weight is 428 g/mol. The molecule has 0 fully saturated rings. The van der Waals surface area contributed by atoms with Crippen LogP contribution in [-0.4, -0.2) is 33.0 Å². The number of carbonyl (C=O) groups is 2. The molecule has 0 radical (unpaired) electrons. The van der Waals surface area contributed by atoms with Crippen LogP contribution in [0.3, 0.4) is 0 Å². The third-order valence-corrected chi connectivity index (χ3v) is 5.69. The van der Waals surface area contributed by atoms with Crippen LogP contribution < -0.4 is 5.32 Å². The molecule has 0 aliphatic carbocycles. The number of thioether (sulfide) groups is 1. The van der Waals surface area contributed by atoms with Gasteiger partial charge in [-0.2, -0.15) is 0 Å². The Labute approximate surface area is 179 Å². The fourth-order valence-electron chi connectivity index (χ4n) is 2.86. The average Bonchev–Trinajstić information content (AvgIpc) is 3.16. The first kappa shape index (κ1) is 21.1. The van der Waals surface area contributed by atoms with E-state index in [1.807, 2.05) is 66.2 Å². The van der Waals surface area contributed by atoms with Crippen molar-refractivity contribution >= 4 is 35.1 Å². The molecule has 0 unspecified atom stereocenters. The molecule has 0 spiro atoms. The molecule has 0 saturated carbocycles. The number of carbonyl (C=O) groups excluding carboxylic acids is 2. The lowest BCUT2D eigenvalue weighted by molar-refractivity contribution is -0.118. The molecule has 1 atom stereocenters. The zero-order chi connectivity index (χ0) is 20.8. The van der Waals surface area contributed by atoms with E-state index in [0.29, 0.717) is 17.1 Å². The van der Waals surface area contributed by atoms with E-state index < -0.39 is 0 Å². The molecule has 3 rings (SSSR count). The second-order valence-corrected chi connectivity index (χ2v) is 8.36. The molecule has 0 aliphatic rings. The van der Waals surface area contributed by atoms with Gasteiger partial charge in [0, 0.05) is 42.1 Å². The summed E-state index contributed by atoms with van der Waals surface area (Å²) in [6, 6.07) is 15.1. The maximum absolute atomic E-state index is 12.9. The SMILES string of the molecule is CC(=O)NCCc1ccc(C(=O)[C@H](C)Sc2nccn2-c2cccc(Cl)c2)cc1.